The molecule has 0 saturated carbocycles. The van der Waals surface area contributed by atoms with Crippen molar-refractivity contribution in [3.63, 3.8) is 0 Å². The van der Waals surface area contributed by atoms with Crippen molar-refractivity contribution >= 4 is 51.1 Å². The summed E-state index contributed by atoms with van der Waals surface area (Å²) in [5.74, 6) is -1.08. The Morgan fingerprint density at radius 2 is 1.87 bits per heavy atom. The minimum absolute atomic E-state index is 0.01000. The highest BCUT2D eigenvalue weighted by Gasteiger charge is 2.63. The van der Waals surface area contributed by atoms with Crippen LogP contribution in [0.2, 0.25) is 5.02 Å². The van der Waals surface area contributed by atoms with Gasteiger partial charge in [-0.25, -0.2) is 9.59 Å². The fourth-order valence-electron chi connectivity index (χ4n) is 7.05. The number of ether oxygens (including phenoxy) is 5. The monoisotopic (exact) mass is 783 g/mol. The van der Waals surface area contributed by atoms with Gasteiger partial charge in [-0.05, 0) is 64.3 Å². The van der Waals surface area contributed by atoms with Crippen molar-refractivity contribution < 1.29 is 52.2 Å². The molecule has 4 heterocycles. The Hall–Kier alpha value is -3.50. The number of rotatable bonds is 8. The van der Waals surface area contributed by atoms with Gasteiger partial charge in [-0.3, -0.25) is 19.1 Å². The summed E-state index contributed by atoms with van der Waals surface area (Å²) in [6.45, 7) is 6.81. The van der Waals surface area contributed by atoms with E-state index < -0.39 is 69.2 Å². The van der Waals surface area contributed by atoms with Crippen molar-refractivity contribution in [2.45, 2.75) is 101 Å². The average Bonchev–Trinajstić information content (AvgIpc) is 3.06. The number of fused-ring (bicyclic) bond motifs is 6. The van der Waals surface area contributed by atoms with E-state index in [1.807, 2.05) is 13.0 Å². The van der Waals surface area contributed by atoms with Gasteiger partial charge in [0.15, 0.2) is 5.72 Å². The van der Waals surface area contributed by atoms with E-state index in [-0.39, 0.29) is 42.4 Å². The zero-order valence-corrected chi connectivity index (χ0v) is 33.8. The van der Waals surface area contributed by atoms with Crippen molar-refractivity contribution in [1.82, 2.24) is 10.2 Å². The predicted octanol–water partition coefficient (Wildman–Crippen LogP) is 3.33. The molecule has 1 aromatic carbocycles. The highest BCUT2D eigenvalue weighted by molar-refractivity contribution is 8.01. The number of carbonyl (C=O) groups excluding carboxylic acids is 4. The van der Waals surface area contributed by atoms with Crippen molar-refractivity contribution in [1.29, 1.82) is 0 Å². The number of methoxy groups -OCH3 is 2. The minimum atomic E-state index is -2.47. The van der Waals surface area contributed by atoms with E-state index in [4.69, 9.17) is 35.3 Å². The molecule has 53 heavy (non-hydrogen) atoms. The van der Waals surface area contributed by atoms with Crippen LogP contribution in [0, 0.1) is 0 Å². The summed E-state index contributed by atoms with van der Waals surface area (Å²) in [4.78, 5) is 56.2. The first-order chi connectivity index (χ1) is 24.5. The minimum Gasteiger partial charge on any atom is -0.495 e. The van der Waals surface area contributed by atoms with Gasteiger partial charge in [-0.15, -0.1) is 9.93 Å². The maximum absolute atomic E-state index is 14.1. The third kappa shape index (κ3) is 9.60. The Kier molecular flexibility index (Phi) is 12.8. The summed E-state index contributed by atoms with van der Waals surface area (Å²) in [5.41, 5.74) is -2.23. The molecule has 14 nitrogen and oxygen atoms in total. The van der Waals surface area contributed by atoms with Gasteiger partial charge in [0, 0.05) is 46.2 Å². The Bertz CT molecular complexity index is 1700. The molecule has 296 valence electrons. The lowest BCUT2D eigenvalue weighted by Gasteiger charge is -2.59. The lowest BCUT2D eigenvalue weighted by atomic mass is 9.72. The normalized spacial score (nSPS) is 31.8. The third-order valence-corrected chi connectivity index (χ3v) is 12.0. The number of thiol groups is 1. The number of benzene rings is 1. The van der Waals surface area contributed by atoms with E-state index in [0.717, 1.165) is 11.1 Å². The highest BCUT2D eigenvalue weighted by Crippen LogP contribution is 2.50. The molecule has 16 heteroatoms. The van der Waals surface area contributed by atoms with E-state index in [1.165, 1.54) is 38.0 Å². The van der Waals surface area contributed by atoms with Crippen LogP contribution in [0.15, 0.2) is 35.9 Å². The van der Waals surface area contributed by atoms with Crippen LogP contribution in [0.4, 0.5) is 10.5 Å². The number of likely N-dealkylation sites (N-methyl/N-ethyl adjacent to an activating group) is 1. The van der Waals surface area contributed by atoms with Gasteiger partial charge in [0.05, 0.1) is 19.2 Å². The number of nitrogens with zero attached hydrogens (tertiary/aromatic N) is 2. The molecule has 0 spiro atoms. The van der Waals surface area contributed by atoms with E-state index in [0.29, 0.717) is 17.9 Å². The maximum atomic E-state index is 14.1. The van der Waals surface area contributed by atoms with E-state index >= 15 is 0 Å². The molecule has 2 saturated heterocycles. The average molecular weight is 784 g/mol. The molecular weight excluding hydrogens is 730 g/mol. The van der Waals surface area contributed by atoms with Crippen molar-refractivity contribution in [2.24, 2.45) is 0 Å². The standard InChI is InChI=1S/C37H54ClN3O11S/c1-22-12-11-13-27(49-8)37(46)20-29(51-34(45)39-37)36(4)21-35(3,52-36)28(50-33(44)23(2)40(5)30(42)14-15-53(9,10)47)19-31(43)41(6)25-17-24(16-22)18-26(48-7)32(25)38/h11-13,17-18,23,27-29,46,53H,14-16,19-21H2,1-10H3,(H,39,45)/b13-11+,22-12+/t23-,27+,28-,29-,35+,36?,37-/m0/s1. The first kappa shape index (κ1) is 42.2. The van der Waals surface area contributed by atoms with Gasteiger partial charge in [0.1, 0.15) is 46.3 Å². The lowest BCUT2D eigenvalue weighted by Crippen LogP contribution is -2.72. The molecule has 4 aliphatic rings. The fourth-order valence-corrected chi connectivity index (χ4v) is 8.10. The fraction of sp³-hybridized carbons (Fsp3) is 0.622. The van der Waals surface area contributed by atoms with Crippen LogP contribution >= 0.6 is 11.6 Å². The van der Waals surface area contributed by atoms with Crippen LogP contribution in [0.3, 0.4) is 0 Å². The summed E-state index contributed by atoms with van der Waals surface area (Å²) in [6.07, 6.45) is 4.54. The number of nitrogens with one attached hydrogen (secondary N) is 1. The van der Waals surface area contributed by atoms with Crippen LogP contribution < -0.4 is 15.0 Å². The van der Waals surface area contributed by atoms with Crippen molar-refractivity contribution in [3.05, 3.63) is 46.5 Å². The summed E-state index contributed by atoms with van der Waals surface area (Å²) >= 11 is 6.74. The number of alkyl carbamates (subject to hydrolysis) is 1. The predicted molar refractivity (Wildman–Crippen MR) is 202 cm³/mol. The van der Waals surface area contributed by atoms with Crippen LogP contribution in [0.25, 0.3) is 0 Å². The van der Waals surface area contributed by atoms with E-state index in [2.05, 4.69) is 5.32 Å². The SMILES string of the molecule is COc1cc2cc(c1Cl)N(C)C(=O)C[C@H](OC(=O)[C@H](C)N(C)C(=O)CC[SH](C)(C)=O)[C@@]1(C)CC(C)(O1)[C@@H]1C[C@@](O)(NC(=O)O1)[C@H](OC)/C=C/C=C(\C)C2. The largest absolute Gasteiger partial charge is 0.495 e. The molecular formula is C37H54ClN3O11S. The molecule has 1 aromatic rings. The Morgan fingerprint density at radius 3 is 2.47 bits per heavy atom. The van der Waals surface area contributed by atoms with Crippen molar-refractivity contribution in [2.75, 3.05) is 51.5 Å². The maximum Gasteiger partial charge on any atom is 0.409 e. The first-order valence-corrected chi connectivity index (χ1v) is 20.6. The van der Waals surface area contributed by atoms with Crippen LogP contribution in [-0.4, -0.2) is 126 Å². The lowest BCUT2D eigenvalue weighted by molar-refractivity contribution is -0.328. The summed E-state index contributed by atoms with van der Waals surface area (Å²) in [7, 11) is 3.44. The van der Waals surface area contributed by atoms with Crippen LogP contribution in [0.1, 0.15) is 58.9 Å². The highest BCUT2D eigenvalue weighted by atomic mass is 35.5. The van der Waals surface area contributed by atoms with Gasteiger partial charge >= 0.3 is 12.1 Å². The molecule has 0 aliphatic carbocycles. The number of hydrogen-bond donors (Lipinski definition) is 3. The van der Waals surface area contributed by atoms with Crippen molar-refractivity contribution in [3.8, 4) is 5.75 Å². The van der Waals surface area contributed by atoms with Gasteiger partial charge in [-0.1, -0.05) is 35.4 Å². The molecule has 0 radical (unpaired) electrons. The summed E-state index contributed by atoms with van der Waals surface area (Å²) in [6, 6.07) is 2.50. The van der Waals surface area contributed by atoms with Gasteiger partial charge in [-0.2, -0.15) is 0 Å². The Labute approximate surface area is 317 Å². The van der Waals surface area contributed by atoms with E-state index in [1.54, 1.807) is 57.7 Å². The number of allylic oxidation sites excluding steroid dienone is 3. The Balaban J connectivity index is 1.75. The molecule has 2 N–H and O–H groups in total. The molecule has 6 bridgehead atoms. The zero-order chi connectivity index (χ0) is 39.7. The summed E-state index contributed by atoms with van der Waals surface area (Å²) in [5, 5.41) is 14.4. The molecule has 3 amide bonds. The first-order valence-electron chi connectivity index (χ1n) is 17.5. The summed E-state index contributed by atoms with van der Waals surface area (Å²) < 4.78 is 41.6. The topological polar surface area (TPSA) is 170 Å². The second-order valence-corrected chi connectivity index (χ2v) is 19.2. The quantitative estimate of drug-likeness (QED) is 0.261. The number of aliphatic hydroxyl groups is 1. The van der Waals surface area contributed by atoms with Gasteiger partial charge in [0.2, 0.25) is 11.8 Å². The van der Waals surface area contributed by atoms with Gasteiger partial charge < -0.3 is 38.6 Å². The number of halogens is 1. The second kappa shape index (κ2) is 16.1. The number of amides is 3. The molecule has 0 aromatic heterocycles. The second-order valence-electron chi connectivity index (χ2n) is 15.2. The number of carbonyl (C=O) groups is 4. The third-order valence-electron chi connectivity index (χ3n) is 10.3. The molecule has 2 fully saturated rings. The number of esters is 1. The molecule has 7 atom stereocenters. The molecule has 5 rings (SSSR count). The smallest absolute Gasteiger partial charge is 0.409 e. The number of anilines is 1. The van der Waals surface area contributed by atoms with Crippen LogP contribution in [0.5, 0.6) is 5.75 Å². The molecule has 4 aliphatic heterocycles. The number of hydrogen-bond acceptors (Lipinski definition) is 11. The van der Waals surface area contributed by atoms with E-state index in [9.17, 15) is 28.5 Å². The zero-order valence-electron chi connectivity index (χ0n) is 32.2. The Morgan fingerprint density at radius 1 is 1.21 bits per heavy atom. The van der Waals surface area contributed by atoms with Crippen LogP contribution in [-0.2, 0) is 49.7 Å². The molecule has 1 unspecified atom stereocenters. The van der Waals surface area contributed by atoms with Gasteiger partial charge in [0.25, 0.3) is 0 Å².